The Morgan fingerprint density at radius 2 is 2.27 bits per heavy atom. The molecular formula is C9H17N5O. The summed E-state index contributed by atoms with van der Waals surface area (Å²) in [4.78, 5) is 8.14. The molecule has 1 aromatic heterocycles. The molecule has 0 amide bonds. The molecular weight excluding hydrogens is 194 g/mol. The molecule has 0 saturated heterocycles. The summed E-state index contributed by atoms with van der Waals surface area (Å²) in [7, 11) is 0. The van der Waals surface area contributed by atoms with Crippen molar-refractivity contribution >= 4 is 11.8 Å². The van der Waals surface area contributed by atoms with Crippen molar-refractivity contribution in [2.75, 3.05) is 17.3 Å². The molecule has 1 aromatic rings. The minimum absolute atomic E-state index is 0.364. The van der Waals surface area contributed by atoms with E-state index in [0.717, 1.165) is 5.69 Å². The van der Waals surface area contributed by atoms with Crippen molar-refractivity contribution in [2.45, 2.75) is 26.4 Å². The van der Waals surface area contributed by atoms with Crippen molar-refractivity contribution in [1.82, 2.24) is 9.97 Å². The zero-order chi connectivity index (χ0) is 11.3. The number of hydrazine groups is 1. The number of hydrogen-bond acceptors (Lipinski definition) is 6. The van der Waals surface area contributed by atoms with E-state index in [0.29, 0.717) is 24.7 Å². The van der Waals surface area contributed by atoms with Crippen molar-refractivity contribution < 1.29 is 5.11 Å². The Bertz CT molecular complexity index is 317. The SMILES string of the molecule is CCC(O)CNc1cc(C)nc(NN)n1. The normalized spacial score (nSPS) is 12.3. The number of aliphatic hydroxyl groups excluding tert-OH is 1. The van der Waals surface area contributed by atoms with Crippen LogP contribution in [0.3, 0.4) is 0 Å². The van der Waals surface area contributed by atoms with E-state index in [9.17, 15) is 5.11 Å². The Labute approximate surface area is 88.9 Å². The molecule has 0 aliphatic carbocycles. The Hall–Kier alpha value is -1.40. The van der Waals surface area contributed by atoms with E-state index in [1.807, 2.05) is 13.8 Å². The molecule has 0 fully saturated rings. The number of nitrogens with two attached hydrogens (primary N) is 1. The molecule has 6 heteroatoms. The quantitative estimate of drug-likeness (QED) is 0.412. The lowest BCUT2D eigenvalue weighted by atomic mass is 10.3. The molecule has 6 nitrogen and oxygen atoms in total. The van der Waals surface area contributed by atoms with E-state index >= 15 is 0 Å². The van der Waals surface area contributed by atoms with Gasteiger partial charge in [-0.1, -0.05) is 6.92 Å². The highest BCUT2D eigenvalue weighted by molar-refractivity contribution is 5.41. The van der Waals surface area contributed by atoms with Crippen LogP contribution >= 0.6 is 0 Å². The average molecular weight is 211 g/mol. The molecule has 84 valence electrons. The summed E-state index contributed by atoms with van der Waals surface area (Å²) in [5.74, 6) is 6.24. The molecule has 0 aliphatic heterocycles. The molecule has 1 heterocycles. The maximum absolute atomic E-state index is 9.37. The van der Waals surface area contributed by atoms with E-state index in [2.05, 4.69) is 20.7 Å². The summed E-state index contributed by atoms with van der Waals surface area (Å²) >= 11 is 0. The number of aliphatic hydroxyl groups is 1. The summed E-state index contributed by atoms with van der Waals surface area (Å²) in [5, 5.41) is 12.4. The van der Waals surface area contributed by atoms with Gasteiger partial charge in [0.05, 0.1) is 6.10 Å². The van der Waals surface area contributed by atoms with Gasteiger partial charge in [0.2, 0.25) is 5.95 Å². The van der Waals surface area contributed by atoms with Crippen LogP contribution in [-0.4, -0.2) is 27.7 Å². The van der Waals surface area contributed by atoms with Crippen molar-refractivity contribution in [2.24, 2.45) is 5.84 Å². The Balaban J connectivity index is 2.64. The van der Waals surface area contributed by atoms with Crippen LogP contribution in [0.25, 0.3) is 0 Å². The van der Waals surface area contributed by atoms with Gasteiger partial charge in [0.15, 0.2) is 0 Å². The van der Waals surface area contributed by atoms with Gasteiger partial charge in [-0.25, -0.2) is 10.8 Å². The number of hydrogen-bond donors (Lipinski definition) is 4. The Morgan fingerprint density at radius 3 is 2.87 bits per heavy atom. The molecule has 15 heavy (non-hydrogen) atoms. The molecule has 1 rings (SSSR count). The van der Waals surface area contributed by atoms with Crippen LogP contribution in [0.5, 0.6) is 0 Å². The second-order valence-electron chi connectivity index (χ2n) is 3.31. The van der Waals surface area contributed by atoms with Crippen LogP contribution in [0.15, 0.2) is 6.07 Å². The van der Waals surface area contributed by atoms with Crippen LogP contribution in [0, 0.1) is 6.92 Å². The molecule has 0 aliphatic rings. The van der Waals surface area contributed by atoms with Crippen LogP contribution in [-0.2, 0) is 0 Å². The molecule has 1 unspecified atom stereocenters. The zero-order valence-electron chi connectivity index (χ0n) is 8.99. The van der Waals surface area contributed by atoms with Gasteiger partial charge in [-0.3, -0.25) is 5.43 Å². The van der Waals surface area contributed by atoms with Gasteiger partial charge in [0.1, 0.15) is 5.82 Å². The van der Waals surface area contributed by atoms with Gasteiger partial charge in [-0.05, 0) is 13.3 Å². The number of aromatic nitrogens is 2. The van der Waals surface area contributed by atoms with Crippen LogP contribution in [0.1, 0.15) is 19.0 Å². The fraction of sp³-hybridized carbons (Fsp3) is 0.556. The number of aryl methyl sites for hydroxylation is 1. The van der Waals surface area contributed by atoms with E-state index in [4.69, 9.17) is 5.84 Å². The number of nitrogens with zero attached hydrogens (tertiary/aromatic N) is 2. The third kappa shape index (κ3) is 3.69. The van der Waals surface area contributed by atoms with Crippen molar-refractivity contribution in [1.29, 1.82) is 0 Å². The number of anilines is 2. The van der Waals surface area contributed by atoms with Gasteiger partial charge in [0, 0.05) is 18.3 Å². The summed E-state index contributed by atoms with van der Waals surface area (Å²) in [6.07, 6.45) is 0.341. The van der Waals surface area contributed by atoms with Gasteiger partial charge in [0.25, 0.3) is 0 Å². The number of nitrogen functional groups attached to an aromatic ring is 1. The first kappa shape index (κ1) is 11.7. The zero-order valence-corrected chi connectivity index (χ0v) is 8.99. The molecule has 0 bridgehead atoms. The first-order valence-electron chi connectivity index (χ1n) is 4.90. The van der Waals surface area contributed by atoms with Gasteiger partial charge >= 0.3 is 0 Å². The monoisotopic (exact) mass is 211 g/mol. The van der Waals surface area contributed by atoms with E-state index in [1.165, 1.54) is 0 Å². The largest absolute Gasteiger partial charge is 0.391 e. The predicted octanol–water partition coefficient (Wildman–Crippen LogP) is 0.253. The lowest BCUT2D eigenvalue weighted by molar-refractivity contribution is 0.183. The first-order chi connectivity index (χ1) is 7.15. The topological polar surface area (TPSA) is 96.1 Å². The minimum Gasteiger partial charge on any atom is -0.391 e. The fourth-order valence-electron chi connectivity index (χ4n) is 1.09. The predicted molar refractivity (Wildman–Crippen MR) is 59.4 cm³/mol. The second-order valence-corrected chi connectivity index (χ2v) is 3.31. The summed E-state index contributed by atoms with van der Waals surface area (Å²) < 4.78 is 0. The molecule has 0 spiro atoms. The van der Waals surface area contributed by atoms with Crippen LogP contribution in [0.4, 0.5) is 11.8 Å². The Morgan fingerprint density at radius 1 is 1.53 bits per heavy atom. The maximum Gasteiger partial charge on any atom is 0.239 e. The third-order valence-corrected chi connectivity index (χ3v) is 1.97. The standard InChI is InChI=1S/C9H17N5O/c1-3-7(15)5-11-8-4-6(2)12-9(13-8)14-10/h4,7,15H,3,5,10H2,1-2H3,(H2,11,12,13,14). The highest BCUT2D eigenvalue weighted by Gasteiger charge is 2.03. The van der Waals surface area contributed by atoms with Gasteiger partial charge < -0.3 is 10.4 Å². The summed E-state index contributed by atoms with van der Waals surface area (Å²) in [5.41, 5.74) is 3.20. The molecule has 0 radical (unpaired) electrons. The lowest BCUT2D eigenvalue weighted by Gasteiger charge is -2.11. The highest BCUT2D eigenvalue weighted by Crippen LogP contribution is 2.08. The summed E-state index contributed by atoms with van der Waals surface area (Å²) in [6.45, 7) is 4.24. The van der Waals surface area contributed by atoms with Crippen LogP contribution < -0.4 is 16.6 Å². The van der Waals surface area contributed by atoms with Crippen molar-refractivity contribution in [3.63, 3.8) is 0 Å². The number of nitrogens with one attached hydrogen (secondary N) is 2. The van der Waals surface area contributed by atoms with Crippen molar-refractivity contribution in [3.05, 3.63) is 11.8 Å². The maximum atomic E-state index is 9.37. The Kier molecular flexibility index (Phi) is 4.26. The van der Waals surface area contributed by atoms with Crippen LogP contribution in [0.2, 0.25) is 0 Å². The minimum atomic E-state index is -0.366. The fourth-order valence-corrected chi connectivity index (χ4v) is 1.09. The third-order valence-electron chi connectivity index (χ3n) is 1.97. The smallest absolute Gasteiger partial charge is 0.239 e. The van der Waals surface area contributed by atoms with Crippen molar-refractivity contribution in [3.8, 4) is 0 Å². The van der Waals surface area contributed by atoms with Gasteiger partial charge in [-0.15, -0.1) is 0 Å². The highest BCUT2D eigenvalue weighted by atomic mass is 16.3. The molecule has 0 saturated carbocycles. The molecule has 1 atom stereocenters. The molecule has 5 N–H and O–H groups in total. The number of rotatable bonds is 5. The first-order valence-corrected chi connectivity index (χ1v) is 4.90. The average Bonchev–Trinajstić information content (AvgIpc) is 2.25. The van der Waals surface area contributed by atoms with E-state index in [-0.39, 0.29) is 6.10 Å². The summed E-state index contributed by atoms with van der Waals surface area (Å²) in [6, 6.07) is 1.79. The van der Waals surface area contributed by atoms with E-state index < -0.39 is 0 Å². The second kappa shape index (κ2) is 5.47. The van der Waals surface area contributed by atoms with E-state index in [1.54, 1.807) is 6.07 Å². The lowest BCUT2D eigenvalue weighted by Crippen LogP contribution is -2.19. The molecule has 0 aromatic carbocycles. The van der Waals surface area contributed by atoms with Gasteiger partial charge in [-0.2, -0.15) is 4.98 Å².